The molecular formula is C15H24N2O2S. The maximum Gasteiger partial charge on any atom is 0.303 e. The van der Waals surface area contributed by atoms with Crippen molar-refractivity contribution in [2.45, 2.75) is 46.6 Å². The summed E-state index contributed by atoms with van der Waals surface area (Å²) in [5.74, 6) is 0.0814. The minimum Gasteiger partial charge on any atom is -0.481 e. The van der Waals surface area contributed by atoms with Crippen molar-refractivity contribution in [3.8, 4) is 0 Å². The maximum atomic E-state index is 10.8. The third kappa shape index (κ3) is 4.03. The average molecular weight is 296 g/mol. The zero-order valence-corrected chi connectivity index (χ0v) is 13.4. The smallest absolute Gasteiger partial charge is 0.303 e. The van der Waals surface area contributed by atoms with Crippen LogP contribution in [0.1, 0.15) is 41.8 Å². The highest BCUT2D eigenvalue weighted by atomic mass is 32.1. The topological polar surface area (TPSA) is 53.4 Å². The Kier molecular flexibility index (Phi) is 5.16. The Morgan fingerprint density at radius 3 is 2.90 bits per heavy atom. The first-order valence-corrected chi connectivity index (χ1v) is 8.14. The number of hydrogen-bond donors (Lipinski definition) is 1. The van der Waals surface area contributed by atoms with Crippen molar-refractivity contribution in [3.63, 3.8) is 0 Å². The van der Waals surface area contributed by atoms with Crippen LogP contribution < -0.4 is 0 Å². The van der Waals surface area contributed by atoms with Gasteiger partial charge in [-0.05, 0) is 45.1 Å². The molecule has 0 spiro atoms. The summed E-state index contributed by atoms with van der Waals surface area (Å²) in [5.41, 5.74) is 1.14. The van der Waals surface area contributed by atoms with Crippen molar-refractivity contribution in [1.29, 1.82) is 0 Å². The number of nitrogens with zero attached hydrogens (tertiary/aromatic N) is 2. The van der Waals surface area contributed by atoms with Crippen molar-refractivity contribution < 1.29 is 9.90 Å². The zero-order chi connectivity index (χ0) is 14.7. The molecule has 0 saturated carbocycles. The van der Waals surface area contributed by atoms with Gasteiger partial charge in [0.05, 0.1) is 12.2 Å². The van der Waals surface area contributed by atoms with Crippen LogP contribution >= 0.6 is 11.3 Å². The first kappa shape index (κ1) is 15.4. The van der Waals surface area contributed by atoms with E-state index in [2.05, 4.69) is 30.7 Å². The number of thiazole rings is 1. The van der Waals surface area contributed by atoms with Crippen LogP contribution in [0.2, 0.25) is 0 Å². The molecule has 0 bridgehead atoms. The Hall–Kier alpha value is -0.940. The Bertz CT molecular complexity index is 453. The monoisotopic (exact) mass is 296 g/mol. The van der Waals surface area contributed by atoms with Gasteiger partial charge in [-0.25, -0.2) is 4.98 Å². The number of aryl methyl sites for hydroxylation is 2. The summed E-state index contributed by atoms with van der Waals surface area (Å²) in [5, 5.41) is 10.1. The van der Waals surface area contributed by atoms with Crippen LogP contribution in [0.5, 0.6) is 0 Å². The van der Waals surface area contributed by atoms with E-state index in [1.165, 1.54) is 9.88 Å². The van der Waals surface area contributed by atoms with Gasteiger partial charge in [0.25, 0.3) is 0 Å². The molecule has 2 atom stereocenters. The lowest BCUT2D eigenvalue weighted by atomic mass is 9.85. The molecule has 112 valence electrons. The molecule has 0 radical (unpaired) electrons. The fourth-order valence-electron chi connectivity index (χ4n) is 2.94. The summed E-state index contributed by atoms with van der Waals surface area (Å²) in [6.07, 6.45) is 2.60. The van der Waals surface area contributed by atoms with E-state index in [1.807, 2.05) is 0 Å². The molecule has 4 nitrogen and oxygen atoms in total. The fraction of sp³-hybridized carbons (Fsp3) is 0.733. The van der Waals surface area contributed by atoms with Crippen LogP contribution in [0, 0.1) is 25.7 Å². The van der Waals surface area contributed by atoms with E-state index in [4.69, 9.17) is 5.11 Å². The van der Waals surface area contributed by atoms with E-state index in [1.54, 1.807) is 11.3 Å². The van der Waals surface area contributed by atoms with E-state index in [0.717, 1.165) is 38.2 Å². The fourth-order valence-corrected chi connectivity index (χ4v) is 3.92. The van der Waals surface area contributed by atoms with Crippen LogP contribution in [-0.2, 0) is 11.3 Å². The van der Waals surface area contributed by atoms with Gasteiger partial charge < -0.3 is 5.11 Å². The molecular weight excluding hydrogens is 272 g/mol. The van der Waals surface area contributed by atoms with Crippen LogP contribution in [0.25, 0.3) is 0 Å². The van der Waals surface area contributed by atoms with Gasteiger partial charge in [0.2, 0.25) is 0 Å². The van der Waals surface area contributed by atoms with Gasteiger partial charge in [-0.2, -0.15) is 0 Å². The Morgan fingerprint density at radius 2 is 2.30 bits per heavy atom. The number of aliphatic carboxylic acids is 1. The van der Waals surface area contributed by atoms with Crippen molar-refractivity contribution in [1.82, 2.24) is 9.88 Å². The molecule has 1 saturated heterocycles. The first-order chi connectivity index (χ1) is 9.45. The maximum absolute atomic E-state index is 10.8. The van der Waals surface area contributed by atoms with Crippen molar-refractivity contribution in [3.05, 3.63) is 15.6 Å². The van der Waals surface area contributed by atoms with E-state index in [-0.39, 0.29) is 12.3 Å². The molecule has 20 heavy (non-hydrogen) atoms. The number of likely N-dealkylation sites (tertiary alicyclic amines) is 1. The van der Waals surface area contributed by atoms with Gasteiger partial charge in [0, 0.05) is 17.8 Å². The third-order valence-electron chi connectivity index (χ3n) is 4.27. The van der Waals surface area contributed by atoms with Crippen LogP contribution in [-0.4, -0.2) is 34.0 Å². The van der Waals surface area contributed by atoms with Gasteiger partial charge in [-0.3, -0.25) is 9.69 Å². The highest BCUT2D eigenvalue weighted by molar-refractivity contribution is 7.11. The van der Waals surface area contributed by atoms with E-state index in [0.29, 0.717) is 5.92 Å². The molecule has 0 aromatic carbocycles. The number of carbonyl (C=O) groups is 1. The number of hydrogen-bond acceptors (Lipinski definition) is 4. The van der Waals surface area contributed by atoms with Gasteiger partial charge in [0.15, 0.2) is 0 Å². The molecule has 1 N–H and O–H groups in total. The number of piperidine rings is 1. The normalized spacial score (nSPS) is 21.9. The predicted molar refractivity (Wildman–Crippen MR) is 81.0 cm³/mol. The minimum atomic E-state index is -0.680. The third-order valence-corrected chi connectivity index (χ3v) is 5.33. The van der Waals surface area contributed by atoms with Crippen molar-refractivity contribution >= 4 is 17.3 Å². The Balaban J connectivity index is 1.91. The van der Waals surface area contributed by atoms with Gasteiger partial charge in [-0.1, -0.05) is 6.92 Å². The molecule has 5 heteroatoms. The second-order valence-electron chi connectivity index (χ2n) is 5.96. The summed E-state index contributed by atoms with van der Waals surface area (Å²) in [6, 6.07) is 0. The van der Waals surface area contributed by atoms with Crippen molar-refractivity contribution in [2.24, 2.45) is 11.8 Å². The largest absolute Gasteiger partial charge is 0.481 e. The van der Waals surface area contributed by atoms with E-state index in [9.17, 15) is 4.79 Å². The lowest BCUT2D eigenvalue weighted by molar-refractivity contribution is -0.138. The highest BCUT2D eigenvalue weighted by Gasteiger charge is 2.26. The zero-order valence-electron chi connectivity index (χ0n) is 12.6. The summed E-state index contributed by atoms with van der Waals surface area (Å²) < 4.78 is 0. The van der Waals surface area contributed by atoms with Crippen LogP contribution in [0.4, 0.5) is 0 Å². The first-order valence-electron chi connectivity index (χ1n) is 7.32. The second-order valence-corrected chi connectivity index (χ2v) is 7.25. The number of aromatic nitrogens is 1. The van der Waals surface area contributed by atoms with Gasteiger partial charge in [-0.15, -0.1) is 11.3 Å². The number of carboxylic acids is 1. The SMILES string of the molecule is Cc1nc(CN2CCCC(C(C)CC(=O)O)C2)sc1C. The van der Waals surface area contributed by atoms with E-state index < -0.39 is 5.97 Å². The highest BCUT2D eigenvalue weighted by Crippen LogP contribution is 2.28. The minimum absolute atomic E-state index is 0.259. The molecule has 1 aliphatic heterocycles. The second kappa shape index (κ2) is 6.68. The summed E-state index contributed by atoms with van der Waals surface area (Å²) in [7, 11) is 0. The lowest BCUT2D eigenvalue weighted by Gasteiger charge is -2.35. The molecule has 1 fully saturated rings. The van der Waals surface area contributed by atoms with Crippen LogP contribution in [0.3, 0.4) is 0 Å². The molecule has 1 aromatic rings. The summed E-state index contributed by atoms with van der Waals surface area (Å²) >= 11 is 1.78. The molecule has 2 rings (SSSR count). The van der Waals surface area contributed by atoms with Crippen LogP contribution in [0.15, 0.2) is 0 Å². The van der Waals surface area contributed by atoms with Crippen molar-refractivity contribution in [2.75, 3.05) is 13.1 Å². The molecule has 2 unspecified atom stereocenters. The standard InChI is InChI=1S/C15H24N2O2S/c1-10(7-15(18)19)13-5-4-6-17(8-13)9-14-16-11(2)12(3)20-14/h10,13H,4-9H2,1-3H3,(H,18,19). The lowest BCUT2D eigenvalue weighted by Crippen LogP contribution is -2.37. The summed E-state index contributed by atoms with van der Waals surface area (Å²) in [4.78, 5) is 19.2. The Labute approximate surface area is 124 Å². The van der Waals surface area contributed by atoms with E-state index >= 15 is 0 Å². The summed E-state index contributed by atoms with van der Waals surface area (Å²) in [6.45, 7) is 9.27. The molecule has 0 aliphatic carbocycles. The average Bonchev–Trinajstić information content (AvgIpc) is 2.67. The predicted octanol–water partition coefficient (Wildman–Crippen LogP) is 3.08. The molecule has 2 heterocycles. The number of carboxylic acid groups (broad SMARTS) is 1. The number of rotatable bonds is 5. The Morgan fingerprint density at radius 1 is 1.55 bits per heavy atom. The van der Waals surface area contributed by atoms with Gasteiger partial charge >= 0.3 is 5.97 Å². The quantitative estimate of drug-likeness (QED) is 0.907. The molecule has 0 amide bonds. The molecule has 1 aromatic heterocycles. The van der Waals surface area contributed by atoms with Gasteiger partial charge in [0.1, 0.15) is 5.01 Å². The molecule has 1 aliphatic rings.